The Morgan fingerprint density at radius 1 is 0.889 bits per heavy atom. The van der Waals surface area contributed by atoms with Crippen LogP contribution in [0.2, 0.25) is 0 Å². The number of ether oxygens (including phenoxy) is 1. The fraction of sp³-hybridized carbons (Fsp3) is 0.0385. The lowest BCUT2D eigenvalue weighted by Gasteiger charge is -2.02. The monoisotopic (exact) mass is 477 g/mol. The minimum absolute atomic E-state index is 0.174. The predicted molar refractivity (Wildman–Crippen MR) is 134 cm³/mol. The zero-order chi connectivity index (χ0) is 24.9. The number of pyridine rings is 1. The molecule has 5 aromatic rings. The Hall–Kier alpha value is -5.43. The maximum absolute atomic E-state index is 12.8. The summed E-state index contributed by atoms with van der Waals surface area (Å²) >= 11 is 0. The predicted octanol–water partition coefficient (Wildman–Crippen LogP) is 3.59. The van der Waals surface area contributed by atoms with E-state index in [0.29, 0.717) is 28.2 Å². The highest BCUT2D eigenvalue weighted by Crippen LogP contribution is 2.20. The summed E-state index contributed by atoms with van der Waals surface area (Å²) in [5.41, 5.74) is 2.73. The van der Waals surface area contributed by atoms with Gasteiger partial charge in [0.15, 0.2) is 0 Å². The van der Waals surface area contributed by atoms with Crippen LogP contribution in [0.1, 0.15) is 32.1 Å². The molecule has 0 unspecified atom stereocenters. The number of hydrogen-bond donors (Lipinski definition) is 4. The Morgan fingerprint density at radius 2 is 1.69 bits per heavy atom. The van der Waals surface area contributed by atoms with Gasteiger partial charge in [-0.1, -0.05) is 18.1 Å². The zero-order valence-corrected chi connectivity index (χ0v) is 19.0. The first-order valence-electron chi connectivity index (χ1n) is 10.8. The van der Waals surface area contributed by atoms with Crippen molar-refractivity contribution >= 4 is 34.7 Å². The summed E-state index contributed by atoms with van der Waals surface area (Å²) in [5, 5.41) is 5.36. The van der Waals surface area contributed by atoms with Crippen LogP contribution in [-0.2, 0) is 0 Å². The van der Waals surface area contributed by atoms with E-state index >= 15 is 0 Å². The van der Waals surface area contributed by atoms with Crippen molar-refractivity contribution in [3.05, 3.63) is 95.6 Å². The van der Waals surface area contributed by atoms with Crippen LogP contribution in [0.4, 0.5) is 11.9 Å². The third-order valence-corrected chi connectivity index (χ3v) is 5.13. The molecule has 2 aromatic carbocycles. The van der Waals surface area contributed by atoms with Gasteiger partial charge in [0.05, 0.1) is 18.2 Å². The first kappa shape index (κ1) is 22.4. The van der Waals surface area contributed by atoms with Crippen molar-refractivity contribution in [1.82, 2.24) is 24.9 Å². The fourth-order valence-corrected chi connectivity index (χ4v) is 3.40. The molecule has 4 N–H and O–H groups in total. The number of fused-ring (bicyclic) bond motifs is 1. The molecule has 0 spiro atoms. The highest BCUT2D eigenvalue weighted by atomic mass is 16.5. The van der Waals surface area contributed by atoms with Crippen molar-refractivity contribution in [1.29, 1.82) is 0 Å². The van der Waals surface area contributed by atoms with Gasteiger partial charge in [0.2, 0.25) is 11.9 Å². The Labute approximate surface area is 205 Å². The van der Waals surface area contributed by atoms with E-state index in [1.807, 2.05) is 24.3 Å². The average molecular weight is 477 g/mol. The van der Waals surface area contributed by atoms with Crippen LogP contribution >= 0.6 is 0 Å². The number of methoxy groups -OCH3 is 1. The van der Waals surface area contributed by atoms with Crippen LogP contribution in [0.15, 0.2) is 73.1 Å². The van der Waals surface area contributed by atoms with E-state index in [1.54, 1.807) is 49.7 Å². The van der Waals surface area contributed by atoms with Crippen molar-refractivity contribution in [2.45, 2.75) is 0 Å². The Bertz CT molecular complexity index is 1610. The van der Waals surface area contributed by atoms with E-state index in [2.05, 4.69) is 47.4 Å². The van der Waals surface area contributed by atoms with Gasteiger partial charge in [-0.15, -0.1) is 0 Å². The van der Waals surface area contributed by atoms with Crippen molar-refractivity contribution in [2.75, 3.05) is 17.7 Å². The summed E-state index contributed by atoms with van der Waals surface area (Å²) < 4.78 is 5.15. The van der Waals surface area contributed by atoms with Gasteiger partial charge in [0.25, 0.3) is 11.8 Å². The number of nitrogens with zero attached hydrogens (tertiary/aromatic N) is 3. The van der Waals surface area contributed by atoms with Crippen molar-refractivity contribution in [2.24, 2.45) is 0 Å². The van der Waals surface area contributed by atoms with Gasteiger partial charge in [-0.05, 0) is 54.5 Å². The van der Waals surface area contributed by atoms with Gasteiger partial charge in [0, 0.05) is 18.0 Å². The quantitative estimate of drug-likeness (QED) is 0.286. The van der Waals surface area contributed by atoms with Gasteiger partial charge in [0.1, 0.15) is 22.7 Å². The minimum Gasteiger partial charge on any atom is -0.497 e. The molecule has 0 aliphatic rings. The topological polar surface area (TPSA) is 138 Å². The lowest BCUT2D eigenvalue weighted by Crippen LogP contribution is -2.15. The molecule has 5 rings (SSSR count). The van der Waals surface area contributed by atoms with Crippen LogP contribution in [0, 0.1) is 11.8 Å². The molecule has 10 nitrogen and oxygen atoms in total. The van der Waals surface area contributed by atoms with Crippen LogP contribution in [-0.4, -0.2) is 43.8 Å². The molecule has 3 heterocycles. The number of hydrogen-bond acceptors (Lipinski definition) is 6. The summed E-state index contributed by atoms with van der Waals surface area (Å²) in [6, 6.07) is 17.4. The van der Waals surface area contributed by atoms with E-state index in [0.717, 1.165) is 11.3 Å². The van der Waals surface area contributed by atoms with Crippen molar-refractivity contribution in [3.63, 3.8) is 0 Å². The number of rotatable bonds is 5. The molecule has 0 atom stereocenters. The van der Waals surface area contributed by atoms with E-state index in [1.165, 1.54) is 6.20 Å². The third-order valence-electron chi connectivity index (χ3n) is 5.13. The Kier molecular flexibility index (Phi) is 6.10. The van der Waals surface area contributed by atoms with Crippen molar-refractivity contribution in [3.8, 4) is 17.6 Å². The van der Waals surface area contributed by atoms with E-state index in [4.69, 9.17) is 4.74 Å². The molecule has 3 aromatic heterocycles. The number of carbonyl (C=O) groups excluding carboxylic acids is 2. The van der Waals surface area contributed by atoms with E-state index in [-0.39, 0.29) is 17.5 Å². The first-order valence-corrected chi connectivity index (χ1v) is 10.8. The van der Waals surface area contributed by atoms with Gasteiger partial charge >= 0.3 is 0 Å². The lowest BCUT2D eigenvalue weighted by molar-refractivity contribution is 0.101. The summed E-state index contributed by atoms with van der Waals surface area (Å²) in [6.45, 7) is 0. The van der Waals surface area contributed by atoms with Crippen molar-refractivity contribution < 1.29 is 14.3 Å². The van der Waals surface area contributed by atoms with Gasteiger partial charge < -0.3 is 14.7 Å². The molecule has 36 heavy (non-hydrogen) atoms. The maximum atomic E-state index is 12.8. The molecule has 0 radical (unpaired) electrons. The van der Waals surface area contributed by atoms with Gasteiger partial charge in [-0.3, -0.25) is 20.2 Å². The maximum Gasteiger partial charge on any atom is 0.276 e. The standard InChI is InChI=1S/C26H19N7O3/c1-36-18-12-9-16(10-13-18)8-11-17-4-2-7-21(29-17)24(35)33-26-30-20-6-3-5-19(22(20)31-26)23(34)32-25-27-14-15-28-25/h2-7,9-10,12-15H,1H3,(H2,27,28,32,34)(H2,30,31,33,35). The van der Waals surface area contributed by atoms with E-state index < -0.39 is 5.91 Å². The summed E-state index contributed by atoms with van der Waals surface area (Å²) in [6.07, 6.45) is 3.14. The largest absolute Gasteiger partial charge is 0.497 e. The Balaban J connectivity index is 1.33. The van der Waals surface area contributed by atoms with Gasteiger partial charge in [-0.25, -0.2) is 15.0 Å². The van der Waals surface area contributed by atoms with Crippen LogP contribution in [0.25, 0.3) is 11.0 Å². The number of aromatic amines is 2. The summed E-state index contributed by atoms with van der Waals surface area (Å²) in [5.74, 6) is 6.37. The Morgan fingerprint density at radius 3 is 2.47 bits per heavy atom. The number of nitrogens with one attached hydrogen (secondary N) is 4. The number of carbonyl (C=O) groups is 2. The first-order chi connectivity index (χ1) is 17.6. The molecular weight excluding hydrogens is 458 g/mol. The second kappa shape index (κ2) is 9.82. The highest BCUT2D eigenvalue weighted by Gasteiger charge is 2.16. The summed E-state index contributed by atoms with van der Waals surface area (Å²) in [4.78, 5) is 44.0. The lowest BCUT2D eigenvalue weighted by atomic mass is 10.2. The third kappa shape index (κ3) is 4.90. The number of imidazole rings is 2. The molecule has 0 saturated carbocycles. The molecule has 0 aliphatic carbocycles. The molecule has 176 valence electrons. The van der Waals surface area contributed by atoms with Crippen LogP contribution in [0.3, 0.4) is 0 Å². The second-order valence-corrected chi connectivity index (χ2v) is 7.52. The number of aromatic nitrogens is 5. The molecule has 2 amide bonds. The molecule has 10 heteroatoms. The molecule has 0 fully saturated rings. The number of para-hydroxylation sites is 1. The zero-order valence-electron chi connectivity index (χ0n) is 19.0. The van der Waals surface area contributed by atoms with Gasteiger partial charge in [-0.2, -0.15) is 0 Å². The number of benzene rings is 2. The van der Waals surface area contributed by atoms with Crippen LogP contribution < -0.4 is 15.4 Å². The van der Waals surface area contributed by atoms with E-state index in [9.17, 15) is 9.59 Å². The molecule has 0 saturated heterocycles. The number of H-pyrrole nitrogens is 2. The fourth-order valence-electron chi connectivity index (χ4n) is 3.40. The number of amides is 2. The highest BCUT2D eigenvalue weighted by molar-refractivity contribution is 6.11. The number of anilines is 2. The SMILES string of the molecule is COc1ccc(C#Cc2cccc(C(=O)Nc3nc4c(C(=O)Nc5ncc[nH]5)cccc4[nH]3)n2)cc1. The average Bonchev–Trinajstić information content (AvgIpc) is 3.57. The second-order valence-electron chi connectivity index (χ2n) is 7.52. The summed E-state index contributed by atoms with van der Waals surface area (Å²) in [7, 11) is 1.60. The molecular formula is C26H19N7O3. The molecule has 0 aliphatic heterocycles. The molecule has 0 bridgehead atoms. The van der Waals surface area contributed by atoms with Crippen LogP contribution in [0.5, 0.6) is 5.75 Å². The normalized spacial score (nSPS) is 10.4. The smallest absolute Gasteiger partial charge is 0.276 e. The minimum atomic E-state index is -0.469.